The Bertz CT molecular complexity index is 435. The molecule has 0 unspecified atom stereocenters. The number of amides is 1. The summed E-state index contributed by atoms with van der Waals surface area (Å²) in [6, 6.07) is 0.354. The van der Waals surface area contributed by atoms with E-state index in [1.165, 1.54) is 19.3 Å². The molecule has 2 rings (SSSR count). The zero-order valence-electron chi connectivity index (χ0n) is 11.9. The highest BCUT2D eigenvalue weighted by atomic mass is 16.2. The smallest absolute Gasteiger partial charge is 0.276 e. The third kappa shape index (κ3) is 2.74. The van der Waals surface area contributed by atoms with Crippen LogP contribution in [0.25, 0.3) is 0 Å². The van der Waals surface area contributed by atoms with Crippen LogP contribution in [0.5, 0.6) is 0 Å². The van der Waals surface area contributed by atoms with Gasteiger partial charge in [-0.25, -0.2) is 0 Å². The van der Waals surface area contributed by atoms with Gasteiger partial charge in [0, 0.05) is 12.6 Å². The van der Waals surface area contributed by atoms with E-state index in [2.05, 4.69) is 10.2 Å². The number of aromatic nitrogens is 2. The lowest BCUT2D eigenvalue weighted by Gasteiger charge is -2.33. The Kier molecular flexibility index (Phi) is 4.45. The molecule has 0 aromatic carbocycles. The van der Waals surface area contributed by atoms with Crippen molar-refractivity contribution in [1.82, 2.24) is 15.1 Å². The summed E-state index contributed by atoms with van der Waals surface area (Å²) in [6.07, 6.45) is 6.68. The van der Waals surface area contributed by atoms with Crippen molar-refractivity contribution in [3.8, 4) is 0 Å². The first kappa shape index (κ1) is 13.9. The van der Waals surface area contributed by atoms with Gasteiger partial charge in [-0.15, -0.1) is 0 Å². The molecule has 3 N–H and O–H groups in total. The number of carbonyl (C=O) groups excluding carboxylic acids is 1. The van der Waals surface area contributed by atoms with Crippen LogP contribution in [0, 0.1) is 0 Å². The second-order valence-electron chi connectivity index (χ2n) is 5.20. The molecule has 1 aliphatic carbocycles. The summed E-state index contributed by atoms with van der Waals surface area (Å²) in [7, 11) is 0. The van der Waals surface area contributed by atoms with Gasteiger partial charge in [0.1, 0.15) is 0 Å². The number of rotatable bonds is 4. The van der Waals surface area contributed by atoms with E-state index in [0.717, 1.165) is 31.5 Å². The van der Waals surface area contributed by atoms with Crippen molar-refractivity contribution < 1.29 is 4.79 Å². The number of hydrogen-bond donors (Lipinski definition) is 2. The molecule has 0 spiro atoms. The highest BCUT2D eigenvalue weighted by molar-refractivity contribution is 5.97. The van der Waals surface area contributed by atoms with Gasteiger partial charge in [-0.3, -0.25) is 9.89 Å². The van der Waals surface area contributed by atoms with Crippen LogP contribution in [0.15, 0.2) is 0 Å². The number of nitrogens with zero attached hydrogens (tertiary/aromatic N) is 2. The van der Waals surface area contributed by atoms with Crippen LogP contribution in [0.2, 0.25) is 0 Å². The molecule has 1 aromatic rings. The maximum atomic E-state index is 12.6. The van der Waals surface area contributed by atoms with Crippen molar-refractivity contribution in [3.05, 3.63) is 11.4 Å². The molecule has 106 valence electrons. The maximum absolute atomic E-state index is 12.6. The van der Waals surface area contributed by atoms with Gasteiger partial charge in [-0.1, -0.05) is 26.2 Å². The van der Waals surface area contributed by atoms with Gasteiger partial charge in [0.2, 0.25) is 0 Å². The van der Waals surface area contributed by atoms with Crippen molar-refractivity contribution >= 4 is 11.6 Å². The Labute approximate surface area is 114 Å². The topological polar surface area (TPSA) is 75.0 Å². The standard InChI is InChI=1S/C14H24N4O/c1-3-11-12(15)13(17-16-11)14(19)18(4-2)10-8-6-5-7-9-10/h10H,3-9,15H2,1-2H3,(H,16,17). The van der Waals surface area contributed by atoms with Crippen LogP contribution in [0.1, 0.15) is 62.1 Å². The molecule has 0 aliphatic heterocycles. The zero-order chi connectivity index (χ0) is 13.8. The normalized spacial score (nSPS) is 16.5. The van der Waals surface area contributed by atoms with Crippen LogP contribution in [-0.4, -0.2) is 33.6 Å². The van der Waals surface area contributed by atoms with Gasteiger partial charge < -0.3 is 10.6 Å². The first-order valence-electron chi connectivity index (χ1n) is 7.32. The predicted octanol–water partition coefficient (Wildman–Crippen LogP) is 2.35. The summed E-state index contributed by atoms with van der Waals surface area (Å²) >= 11 is 0. The molecule has 1 fully saturated rings. The van der Waals surface area contributed by atoms with E-state index in [-0.39, 0.29) is 5.91 Å². The Hall–Kier alpha value is -1.52. The molecule has 5 heteroatoms. The second kappa shape index (κ2) is 6.08. The number of anilines is 1. The molecule has 1 saturated carbocycles. The molecule has 1 heterocycles. The third-order valence-corrected chi connectivity index (χ3v) is 4.06. The van der Waals surface area contributed by atoms with E-state index >= 15 is 0 Å². The first-order valence-corrected chi connectivity index (χ1v) is 7.32. The van der Waals surface area contributed by atoms with Gasteiger partial charge in [0.25, 0.3) is 5.91 Å². The number of aryl methyl sites for hydroxylation is 1. The van der Waals surface area contributed by atoms with E-state index in [1.807, 2.05) is 18.7 Å². The van der Waals surface area contributed by atoms with Crippen molar-refractivity contribution in [3.63, 3.8) is 0 Å². The third-order valence-electron chi connectivity index (χ3n) is 4.06. The maximum Gasteiger partial charge on any atom is 0.276 e. The minimum atomic E-state index is -0.0251. The molecule has 5 nitrogen and oxygen atoms in total. The Balaban J connectivity index is 2.17. The van der Waals surface area contributed by atoms with Gasteiger partial charge in [-0.2, -0.15) is 5.10 Å². The van der Waals surface area contributed by atoms with E-state index in [4.69, 9.17) is 5.73 Å². The second-order valence-corrected chi connectivity index (χ2v) is 5.20. The molecular weight excluding hydrogens is 240 g/mol. The average Bonchev–Trinajstić information content (AvgIpc) is 2.81. The summed E-state index contributed by atoms with van der Waals surface area (Å²) in [5.74, 6) is -0.0251. The van der Waals surface area contributed by atoms with E-state index in [1.54, 1.807) is 0 Å². The number of hydrogen-bond acceptors (Lipinski definition) is 3. The zero-order valence-corrected chi connectivity index (χ0v) is 11.9. The molecule has 19 heavy (non-hydrogen) atoms. The number of carbonyl (C=O) groups is 1. The van der Waals surface area contributed by atoms with Crippen LogP contribution in [0.3, 0.4) is 0 Å². The largest absolute Gasteiger partial charge is 0.395 e. The summed E-state index contributed by atoms with van der Waals surface area (Å²) in [4.78, 5) is 14.5. The van der Waals surface area contributed by atoms with Gasteiger partial charge >= 0.3 is 0 Å². The Morgan fingerprint density at radius 1 is 1.37 bits per heavy atom. The van der Waals surface area contributed by atoms with Crippen LogP contribution in [0.4, 0.5) is 5.69 Å². The fourth-order valence-corrected chi connectivity index (χ4v) is 2.92. The van der Waals surface area contributed by atoms with E-state index < -0.39 is 0 Å². The summed E-state index contributed by atoms with van der Waals surface area (Å²) in [6.45, 7) is 4.74. The molecule has 0 atom stereocenters. The van der Waals surface area contributed by atoms with Crippen molar-refractivity contribution in [2.45, 2.75) is 58.4 Å². The highest BCUT2D eigenvalue weighted by Gasteiger charge is 2.28. The highest BCUT2D eigenvalue weighted by Crippen LogP contribution is 2.25. The molecule has 0 radical (unpaired) electrons. The van der Waals surface area contributed by atoms with E-state index in [9.17, 15) is 4.79 Å². The molecule has 1 aliphatic rings. The number of aromatic amines is 1. The van der Waals surface area contributed by atoms with Gasteiger partial charge in [-0.05, 0) is 26.2 Å². The van der Waals surface area contributed by atoms with Gasteiger partial charge in [0.15, 0.2) is 5.69 Å². The van der Waals surface area contributed by atoms with Crippen LogP contribution < -0.4 is 5.73 Å². The Morgan fingerprint density at radius 2 is 2.05 bits per heavy atom. The monoisotopic (exact) mass is 264 g/mol. The summed E-state index contributed by atoms with van der Waals surface area (Å²) in [5, 5.41) is 6.97. The fraction of sp³-hybridized carbons (Fsp3) is 0.714. The minimum absolute atomic E-state index is 0.0251. The molecule has 0 saturated heterocycles. The molecular formula is C14H24N4O. The van der Waals surface area contributed by atoms with Crippen molar-refractivity contribution in [2.75, 3.05) is 12.3 Å². The lowest BCUT2D eigenvalue weighted by molar-refractivity contribution is 0.0643. The van der Waals surface area contributed by atoms with Crippen LogP contribution in [-0.2, 0) is 6.42 Å². The van der Waals surface area contributed by atoms with Crippen LogP contribution >= 0.6 is 0 Å². The average molecular weight is 264 g/mol. The summed E-state index contributed by atoms with van der Waals surface area (Å²) in [5.41, 5.74) is 7.75. The lowest BCUT2D eigenvalue weighted by atomic mass is 9.94. The van der Waals surface area contributed by atoms with Crippen molar-refractivity contribution in [2.24, 2.45) is 0 Å². The number of nitrogen functional groups attached to an aromatic ring is 1. The number of H-pyrrole nitrogens is 1. The summed E-state index contributed by atoms with van der Waals surface area (Å²) < 4.78 is 0. The SMILES string of the molecule is CCc1[nH]nc(C(=O)N(CC)C2CCCCC2)c1N. The molecule has 0 bridgehead atoms. The van der Waals surface area contributed by atoms with E-state index in [0.29, 0.717) is 17.4 Å². The molecule has 1 amide bonds. The number of nitrogens with one attached hydrogen (secondary N) is 1. The minimum Gasteiger partial charge on any atom is -0.395 e. The molecule has 1 aromatic heterocycles. The quantitative estimate of drug-likeness (QED) is 0.876. The predicted molar refractivity (Wildman–Crippen MR) is 76.0 cm³/mol. The first-order chi connectivity index (χ1) is 9.19. The fourth-order valence-electron chi connectivity index (χ4n) is 2.92. The van der Waals surface area contributed by atoms with Crippen molar-refractivity contribution in [1.29, 1.82) is 0 Å². The van der Waals surface area contributed by atoms with Gasteiger partial charge in [0.05, 0.1) is 11.4 Å². The Morgan fingerprint density at radius 3 is 2.58 bits per heavy atom. The lowest BCUT2D eigenvalue weighted by Crippen LogP contribution is -2.41. The number of nitrogens with two attached hydrogens (primary N) is 1.